The number of amides is 1. The Hall–Kier alpha value is -4.21. The third-order valence-electron chi connectivity index (χ3n) is 4.90. The molecule has 0 spiro atoms. The Balaban J connectivity index is 1.65. The van der Waals surface area contributed by atoms with Crippen LogP contribution in [0.25, 0.3) is 16.6 Å². The number of nitrogens with one attached hydrogen (secondary N) is 1. The van der Waals surface area contributed by atoms with E-state index in [1.807, 2.05) is 0 Å². The molecule has 0 saturated heterocycles. The number of anilines is 1. The largest absolute Gasteiger partial charge is 0.493 e. The molecule has 0 aliphatic carbocycles. The zero-order valence-corrected chi connectivity index (χ0v) is 17.6. The summed E-state index contributed by atoms with van der Waals surface area (Å²) in [4.78, 5) is 25.7. The molecule has 0 bridgehead atoms. The molecule has 4 rings (SSSR count). The van der Waals surface area contributed by atoms with E-state index in [0.29, 0.717) is 34.0 Å². The molecule has 0 aliphatic rings. The van der Waals surface area contributed by atoms with Gasteiger partial charge in [0.05, 0.1) is 31.8 Å². The Morgan fingerprint density at radius 3 is 2.50 bits per heavy atom. The van der Waals surface area contributed by atoms with Gasteiger partial charge in [0.15, 0.2) is 11.5 Å². The van der Waals surface area contributed by atoms with Gasteiger partial charge in [-0.1, -0.05) is 0 Å². The second-order valence-corrected chi connectivity index (χ2v) is 6.96. The number of aromatic nitrogens is 4. The van der Waals surface area contributed by atoms with Gasteiger partial charge in [-0.2, -0.15) is 10.2 Å². The normalized spacial score (nSPS) is 10.9. The monoisotopic (exact) mass is 437 g/mol. The Morgan fingerprint density at radius 1 is 1.09 bits per heavy atom. The molecule has 0 aliphatic heterocycles. The van der Waals surface area contributed by atoms with Crippen LogP contribution in [0.4, 0.5) is 10.1 Å². The smallest absolute Gasteiger partial charge is 0.293 e. The Bertz CT molecular complexity index is 1360. The van der Waals surface area contributed by atoms with Gasteiger partial charge in [0.25, 0.3) is 5.56 Å². The maximum atomic E-state index is 13.3. The molecular weight excluding hydrogens is 417 g/mol. The quantitative estimate of drug-likeness (QED) is 0.498. The molecule has 0 saturated carbocycles. The fraction of sp³-hybridized carbons (Fsp3) is 0.182. The average molecular weight is 437 g/mol. The molecule has 9 nitrogen and oxygen atoms in total. The highest BCUT2D eigenvalue weighted by molar-refractivity contribution is 5.91. The zero-order chi connectivity index (χ0) is 22.8. The van der Waals surface area contributed by atoms with Gasteiger partial charge in [-0.25, -0.2) is 13.8 Å². The molecule has 32 heavy (non-hydrogen) atoms. The van der Waals surface area contributed by atoms with Crippen molar-refractivity contribution in [3.05, 3.63) is 70.5 Å². The Morgan fingerprint density at radius 2 is 1.81 bits per heavy atom. The van der Waals surface area contributed by atoms with E-state index in [0.717, 1.165) is 4.68 Å². The fourth-order valence-corrected chi connectivity index (χ4v) is 3.36. The second-order valence-electron chi connectivity index (χ2n) is 6.96. The van der Waals surface area contributed by atoms with Crippen LogP contribution >= 0.6 is 0 Å². The number of carbonyl (C=O) groups is 1. The summed E-state index contributed by atoms with van der Waals surface area (Å²) in [5.41, 5.74) is 1.30. The number of ether oxygens (including phenoxy) is 2. The van der Waals surface area contributed by atoms with E-state index >= 15 is 0 Å². The summed E-state index contributed by atoms with van der Waals surface area (Å²) >= 11 is 0. The molecule has 1 N–H and O–H groups in total. The maximum absolute atomic E-state index is 13.3. The van der Waals surface area contributed by atoms with E-state index in [4.69, 9.17) is 9.47 Å². The lowest BCUT2D eigenvalue weighted by atomic mass is 10.2. The summed E-state index contributed by atoms with van der Waals surface area (Å²) in [6.07, 6.45) is 1.52. The van der Waals surface area contributed by atoms with Crippen molar-refractivity contribution < 1.29 is 18.7 Å². The number of rotatable bonds is 6. The summed E-state index contributed by atoms with van der Waals surface area (Å²) < 4.78 is 26.2. The molecule has 1 amide bonds. The molecule has 0 atom stereocenters. The van der Waals surface area contributed by atoms with E-state index in [2.05, 4.69) is 15.5 Å². The van der Waals surface area contributed by atoms with Gasteiger partial charge in [-0.15, -0.1) is 0 Å². The molecule has 164 valence electrons. The van der Waals surface area contributed by atoms with E-state index in [9.17, 15) is 14.0 Å². The van der Waals surface area contributed by atoms with Crippen molar-refractivity contribution in [1.29, 1.82) is 0 Å². The maximum Gasteiger partial charge on any atom is 0.293 e. The van der Waals surface area contributed by atoms with Crippen LogP contribution in [0.3, 0.4) is 0 Å². The number of nitrogens with zero attached hydrogens (tertiary/aromatic N) is 4. The van der Waals surface area contributed by atoms with Crippen molar-refractivity contribution in [2.24, 2.45) is 0 Å². The number of methoxy groups -OCH3 is 2. The molecule has 2 aromatic carbocycles. The topological polar surface area (TPSA) is 100 Å². The van der Waals surface area contributed by atoms with E-state index in [-0.39, 0.29) is 12.1 Å². The number of hydrogen-bond donors (Lipinski definition) is 1. The SMILES string of the molecule is COc1ccc(NC(=O)Cn2nc(C)c3cnn(-c4ccc(F)cc4)c3c2=O)cc1OC. The first-order chi connectivity index (χ1) is 15.4. The van der Waals surface area contributed by atoms with Crippen LogP contribution in [0.5, 0.6) is 11.5 Å². The minimum absolute atomic E-state index is 0.253. The number of halogens is 1. The van der Waals surface area contributed by atoms with Crippen molar-refractivity contribution in [1.82, 2.24) is 19.6 Å². The standard InChI is InChI=1S/C22H20FN5O4/c1-13-17-11-24-28(16-7-4-14(23)5-8-16)21(17)22(30)27(26-13)12-20(29)25-15-6-9-18(31-2)19(10-15)32-3/h4-11H,12H2,1-3H3,(H,25,29). The highest BCUT2D eigenvalue weighted by Crippen LogP contribution is 2.29. The predicted octanol–water partition coefficient (Wildman–Crippen LogP) is 2.69. The van der Waals surface area contributed by atoms with Gasteiger partial charge in [0.2, 0.25) is 5.91 Å². The lowest BCUT2D eigenvalue weighted by Gasteiger charge is -2.11. The minimum Gasteiger partial charge on any atom is -0.493 e. The highest BCUT2D eigenvalue weighted by atomic mass is 19.1. The third kappa shape index (κ3) is 3.89. The van der Waals surface area contributed by atoms with Crippen molar-refractivity contribution in [2.75, 3.05) is 19.5 Å². The van der Waals surface area contributed by atoms with E-state index in [1.54, 1.807) is 25.1 Å². The lowest BCUT2D eigenvalue weighted by Crippen LogP contribution is -2.31. The predicted molar refractivity (Wildman–Crippen MR) is 116 cm³/mol. The molecular formula is C22H20FN5O4. The molecule has 0 radical (unpaired) electrons. The summed E-state index contributed by atoms with van der Waals surface area (Å²) in [6, 6.07) is 10.5. The third-order valence-corrected chi connectivity index (χ3v) is 4.90. The molecule has 0 unspecified atom stereocenters. The van der Waals surface area contributed by atoms with Gasteiger partial charge in [0.1, 0.15) is 17.9 Å². The van der Waals surface area contributed by atoms with Crippen LogP contribution < -0.4 is 20.3 Å². The molecule has 2 aromatic heterocycles. The van der Waals surface area contributed by atoms with Gasteiger partial charge in [0, 0.05) is 17.1 Å². The van der Waals surface area contributed by atoms with E-state index < -0.39 is 17.3 Å². The van der Waals surface area contributed by atoms with Crippen LogP contribution in [-0.4, -0.2) is 39.7 Å². The van der Waals surface area contributed by atoms with Crippen LogP contribution in [-0.2, 0) is 11.3 Å². The van der Waals surface area contributed by atoms with Crippen molar-refractivity contribution in [3.63, 3.8) is 0 Å². The summed E-state index contributed by atoms with van der Waals surface area (Å²) in [6.45, 7) is 1.42. The first kappa shape index (κ1) is 21.0. The Labute approximate surface area is 182 Å². The summed E-state index contributed by atoms with van der Waals surface area (Å²) in [5.74, 6) is 0.144. The van der Waals surface area contributed by atoms with Gasteiger partial charge in [-0.05, 0) is 43.3 Å². The van der Waals surface area contributed by atoms with Gasteiger partial charge < -0.3 is 14.8 Å². The fourth-order valence-electron chi connectivity index (χ4n) is 3.36. The van der Waals surface area contributed by atoms with Crippen LogP contribution in [0, 0.1) is 12.7 Å². The number of hydrogen-bond acceptors (Lipinski definition) is 6. The molecule has 2 heterocycles. The van der Waals surface area contributed by atoms with Crippen LogP contribution in [0.1, 0.15) is 5.69 Å². The number of carbonyl (C=O) groups excluding carboxylic acids is 1. The van der Waals surface area contributed by atoms with Crippen molar-refractivity contribution in [2.45, 2.75) is 13.5 Å². The number of aryl methyl sites for hydroxylation is 1. The van der Waals surface area contributed by atoms with Crippen LogP contribution in [0.2, 0.25) is 0 Å². The minimum atomic E-state index is -0.491. The first-order valence-corrected chi connectivity index (χ1v) is 9.64. The highest BCUT2D eigenvalue weighted by Gasteiger charge is 2.17. The zero-order valence-electron chi connectivity index (χ0n) is 17.6. The number of benzene rings is 2. The van der Waals surface area contributed by atoms with Crippen molar-refractivity contribution in [3.8, 4) is 17.2 Å². The van der Waals surface area contributed by atoms with E-state index in [1.165, 1.54) is 49.4 Å². The average Bonchev–Trinajstić information content (AvgIpc) is 3.23. The second kappa shape index (κ2) is 8.50. The Kier molecular flexibility index (Phi) is 5.59. The van der Waals surface area contributed by atoms with Crippen molar-refractivity contribution >= 4 is 22.5 Å². The van der Waals surface area contributed by atoms with Gasteiger partial charge in [-0.3, -0.25) is 9.59 Å². The molecule has 10 heteroatoms. The summed E-state index contributed by atoms with van der Waals surface area (Å²) in [5, 5.41) is 11.8. The first-order valence-electron chi connectivity index (χ1n) is 9.64. The molecule has 0 fully saturated rings. The van der Waals surface area contributed by atoms with Gasteiger partial charge >= 0.3 is 0 Å². The number of fused-ring (bicyclic) bond motifs is 1. The van der Waals surface area contributed by atoms with Crippen LogP contribution in [0.15, 0.2) is 53.5 Å². The lowest BCUT2D eigenvalue weighted by molar-refractivity contribution is -0.117. The molecule has 4 aromatic rings. The summed E-state index contributed by atoms with van der Waals surface area (Å²) in [7, 11) is 3.01.